The lowest BCUT2D eigenvalue weighted by Crippen LogP contribution is -2.37. The molecule has 52 valence electrons. The fourth-order valence-corrected chi connectivity index (χ4v) is 0.544. The van der Waals surface area contributed by atoms with Crippen LogP contribution in [0.2, 0.25) is 0 Å². The Labute approximate surface area is 56.8 Å². The topological polar surface area (TPSA) is 41.5 Å². The van der Waals surface area contributed by atoms with E-state index in [1.165, 1.54) is 0 Å². The maximum Gasteiger partial charge on any atom is 0.0859 e. The van der Waals surface area contributed by atoms with E-state index >= 15 is 0 Å². The van der Waals surface area contributed by atoms with Crippen LogP contribution in [-0.2, 0) is 4.74 Å². The fourth-order valence-electron chi connectivity index (χ4n) is 0.544. The van der Waals surface area contributed by atoms with Crippen molar-refractivity contribution in [3.8, 4) is 0 Å². The standard InChI is InChI=1S/C5H12BNO2/c1-9-3-5(2-8)7-4-6/h5,7-8H,2-4H2,1H3/t5-/m0/s1. The number of aliphatic hydroxyl groups excluding tert-OH is 1. The van der Waals surface area contributed by atoms with Gasteiger partial charge < -0.3 is 15.2 Å². The normalized spacial score (nSPS) is 13.6. The first-order valence-electron chi connectivity index (χ1n) is 2.88. The molecule has 0 heterocycles. The van der Waals surface area contributed by atoms with Crippen molar-refractivity contribution < 1.29 is 9.84 Å². The lowest BCUT2D eigenvalue weighted by molar-refractivity contribution is 0.131. The molecule has 0 bridgehead atoms. The molecule has 0 spiro atoms. The van der Waals surface area contributed by atoms with Gasteiger partial charge in [-0.05, 0) is 6.44 Å². The van der Waals surface area contributed by atoms with Gasteiger partial charge >= 0.3 is 0 Å². The van der Waals surface area contributed by atoms with Crippen LogP contribution in [0.25, 0.3) is 0 Å². The number of rotatable bonds is 5. The molecule has 1 atom stereocenters. The van der Waals surface area contributed by atoms with Gasteiger partial charge in [0.25, 0.3) is 0 Å². The molecule has 0 aliphatic carbocycles. The molecule has 0 aliphatic rings. The maximum atomic E-state index is 8.59. The molecule has 0 aromatic carbocycles. The number of hydrogen-bond acceptors (Lipinski definition) is 3. The van der Waals surface area contributed by atoms with Crippen LogP contribution in [0.15, 0.2) is 0 Å². The summed E-state index contributed by atoms with van der Waals surface area (Å²) < 4.78 is 4.77. The van der Waals surface area contributed by atoms with Crippen molar-refractivity contribution in [1.29, 1.82) is 0 Å². The van der Waals surface area contributed by atoms with Gasteiger partial charge in [-0.15, -0.1) is 0 Å². The van der Waals surface area contributed by atoms with Crippen LogP contribution in [0.1, 0.15) is 0 Å². The van der Waals surface area contributed by atoms with E-state index in [4.69, 9.17) is 17.7 Å². The van der Waals surface area contributed by atoms with Gasteiger partial charge in [-0.25, -0.2) is 0 Å². The minimum atomic E-state index is -0.0278. The third-order valence-electron chi connectivity index (χ3n) is 0.995. The largest absolute Gasteiger partial charge is 0.395 e. The molecule has 2 N–H and O–H groups in total. The van der Waals surface area contributed by atoms with Gasteiger partial charge in [0, 0.05) is 7.11 Å². The van der Waals surface area contributed by atoms with E-state index in [1.54, 1.807) is 7.11 Å². The van der Waals surface area contributed by atoms with Crippen LogP contribution in [-0.4, -0.2) is 45.8 Å². The van der Waals surface area contributed by atoms with Gasteiger partial charge in [0.15, 0.2) is 0 Å². The Balaban J connectivity index is 3.18. The van der Waals surface area contributed by atoms with Crippen LogP contribution in [0.3, 0.4) is 0 Å². The molecular weight excluding hydrogens is 117 g/mol. The van der Waals surface area contributed by atoms with E-state index in [-0.39, 0.29) is 12.6 Å². The second-order valence-electron chi connectivity index (χ2n) is 1.74. The molecule has 0 aliphatic heterocycles. The smallest absolute Gasteiger partial charge is 0.0859 e. The first-order chi connectivity index (χ1) is 4.35. The molecule has 0 aromatic heterocycles. The SMILES string of the molecule is [B]CN[C@@H](CO)COC. The van der Waals surface area contributed by atoms with E-state index in [2.05, 4.69) is 5.32 Å². The Morgan fingerprint density at radius 1 is 1.78 bits per heavy atom. The zero-order chi connectivity index (χ0) is 7.11. The van der Waals surface area contributed by atoms with Gasteiger partial charge in [-0.3, -0.25) is 0 Å². The average Bonchev–Trinajstić information content (AvgIpc) is 1.88. The van der Waals surface area contributed by atoms with Crippen molar-refractivity contribution in [2.45, 2.75) is 6.04 Å². The molecule has 4 heteroatoms. The quantitative estimate of drug-likeness (QED) is 0.454. The molecule has 0 unspecified atom stereocenters. The highest BCUT2D eigenvalue weighted by Crippen LogP contribution is 1.80. The van der Waals surface area contributed by atoms with E-state index in [9.17, 15) is 0 Å². The van der Waals surface area contributed by atoms with Gasteiger partial charge in [-0.1, -0.05) is 0 Å². The molecule has 9 heavy (non-hydrogen) atoms. The van der Waals surface area contributed by atoms with Crippen LogP contribution in [0.4, 0.5) is 0 Å². The van der Waals surface area contributed by atoms with Crippen molar-refractivity contribution in [2.24, 2.45) is 0 Å². The summed E-state index contributed by atoms with van der Waals surface area (Å²) in [4.78, 5) is 0. The van der Waals surface area contributed by atoms with Crippen molar-refractivity contribution in [2.75, 3.05) is 26.8 Å². The average molecular weight is 129 g/mol. The lowest BCUT2D eigenvalue weighted by Gasteiger charge is -2.12. The van der Waals surface area contributed by atoms with E-state index in [0.29, 0.717) is 13.1 Å². The zero-order valence-corrected chi connectivity index (χ0v) is 5.63. The third-order valence-corrected chi connectivity index (χ3v) is 0.995. The van der Waals surface area contributed by atoms with Crippen LogP contribution >= 0.6 is 0 Å². The Morgan fingerprint density at radius 3 is 2.78 bits per heavy atom. The number of nitrogens with one attached hydrogen (secondary N) is 1. The third kappa shape index (κ3) is 4.45. The number of hydrogen-bond donors (Lipinski definition) is 2. The second-order valence-corrected chi connectivity index (χ2v) is 1.74. The first kappa shape index (κ1) is 8.94. The van der Waals surface area contributed by atoms with Crippen molar-refractivity contribution in [1.82, 2.24) is 5.32 Å². The molecule has 0 saturated heterocycles. The summed E-state index contributed by atoms with van der Waals surface area (Å²) in [5, 5.41) is 11.4. The molecule has 0 rings (SSSR count). The summed E-state index contributed by atoms with van der Waals surface area (Å²) in [5.41, 5.74) is 0. The molecule has 0 aromatic rings. The predicted molar refractivity (Wildman–Crippen MR) is 36.5 cm³/mol. The highest BCUT2D eigenvalue weighted by atomic mass is 16.5. The number of aliphatic hydroxyl groups is 1. The van der Waals surface area contributed by atoms with Gasteiger partial charge in [0.05, 0.1) is 27.1 Å². The van der Waals surface area contributed by atoms with Crippen molar-refractivity contribution in [3.05, 3.63) is 0 Å². The summed E-state index contributed by atoms with van der Waals surface area (Å²) in [6.45, 7) is 0.554. The molecule has 0 saturated carbocycles. The van der Waals surface area contributed by atoms with Crippen molar-refractivity contribution in [3.63, 3.8) is 0 Å². The van der Waals surface area contributed by atoms with E-state index in [1.807, 2.05) is 0 Å². The monoisotopic (exact) mass is 129 g/mol. The fraction of sp³-hybridized carbons (Fsp3) is 1.00. The van der Waals surface area contributed by atoms with Crippen LogP contribution in [0.5, 0.6) is 0 Å². The number of ether oxygens (including phenoxy) is 1. The van der Waals surface area contributed by atoms with Crippen LogP contribution in [0, 0.1) is 0 Å². The zero-order valence-electron chi connectivity index (χ0n) is 5.63. The summed E-state index contributed by atoms with van der Waals surface area (Å²) >= 11 is 0. The lowest BCUT2D eigenvalue weighted by atomic mass is 10.1. The minimum absolute atomic E-state index is 0.0278. The highest BCUT2D eigenvalue weighted by Gasteiger charge is 2.01. The Hall–Kier alpha value is -0.0551. The van der Waals surface area contributed by atoms with Crippen LogP contribution < -0.4 is 5.32 Å². The van der Waals surface area contributed by atoms with Crippen molar-refractivity contribution >= 4 is 7.85 Å². The Morgan fingerprint density at radius 2 is 2.44 bits per heavy atom. The predicted octanol–water partition coefficient (Wildman–Crippen LogP) is -1.29. The summed E-state index contributed by atoms with van der Waals surface area (Å²) in [6.07, 6.45) is 0.370. The molecule has 3 nitrogen and oxygen atoms in total. The Bertz CT molecular complexity index is 56.9. The molecule has 2 radical (unpaired) electrons. The molecular formula is C5H12BNO2. The summed E-state index contributed by atoms with van der Waals surface area (Å²) in [6, 6.07) is -0.0278. The van der Waals surface area contributed by atoms with E-state index in [0.717, 1.165) is 0 Å². The van der Waals surface area contributed by atoms with Gasteiger partial charge in [-0.2, -0.15) is 0 Å². The van der Waals surface area contributed by atoms with E-state index < -0.39 is 0 Å². The molecule has 0 fully saturated rings. The number of methoxy groups -OCH3 is 1. The maximum absolute atomic E-state index is 8.59. The minimum Gasteiger partial charge on any atom is -0.395 e. The second kappa shape index (κ2) is 6.07. The highest BCUT2D eigenvalue weighted by molar-refractivity contribution is 6.08. The Kier molecular flexibility index (Phi) is 6.03. The van der Waals surface area contributed by atoms with Gasteiger partial charge in [0.1, 0.15) is 0 Å². The molecule has 0 amide bonds. The van der Waals surface area contributed by atoms with Gasteiger partial charge in [0.2, 0.25) is 0 Å². The first-order valence-corrected chi connectivity index (χ1v) is 2.88. The summed E-state index contributed by atoms with van der Waals surface area (Å²) in [7, 11) is 6.74. The summed E-state index contributed by atoms with van der Waals surface area (Å²) in [5.74, 6) is 0.